The van der Waals surface area contributed by atoms with E-state index in [2.05, 4.69) is 12.1 Å². The summed E-state index contributed by atoms with van der Waals surface area (Å²) in [6, 6.07) is 21.8. The highest BCUT2D eigenvalue weighted by Crippen LogP contribution is 2.33. The molecular formula is C28H27N3O4. The van der Waals surface area contributed by atoms with Crippen molar-refractivity contribution in [1.29, 1.82) is 0 Å². The molecule has 0 N–H and O–H groups in total. The summed E-state index contributed by atoms with van der Waals surface area (Å²) < 4.78 is 11.0. The van der Waals surface area contributed by atoms with Crippen LogP contribution < -0.4 is 19.3 Å². The lowest BCUT2D eigenvalue weighted by molar-refractivity contribution is -0.122. The Morgan fingerprint density at radius 2 is 1.31 bits per heavy atom. The van der Waals surface area contributed by atoms with E-state index in [0.717, 1.165) is 35.5 Å². The molecule has 2 amide bonds. The van der Waals surface area contributed by atoms with Crippen LogP contribution in [0.5, 0.6) is 11.5 Å². The van der Waals surface area contributed by atoms with Crippen molar-refractivity contribution in [3.05, 3.63) is 83.4 Å². The van der Waals surface area contributed by atoms with Gasteiger partial charge >= 0.3 is 0 Å². The molecule has 35 heavy (non-hydrogen) atoms. The number of nitrogens with zero attached hydrogens (tertiary/aromatic N) is 3. The van der Waals surface area contributed by atoms with Gasteiger partial charge in [0, 0.05) is 31.0 Å². The first kappa shape index (κ1) is 21.7. The van der Waals surface area contributed by atoms with Gasteiger partial charge in [-0.1, -0.05) is 42.5 Å². The Morgan fingerprint density at radius 3 is 1.94 bits per heavy atom. The van der Waals surface area contributed by atoms with Crippen LogP contribution in [0.4, 0.5) is 11.4 Å². The molecule has 0 saturated heterocycles. The highest BCUT2D eigenvalue weighted by molar-refractivity contribution is 5.99. The van der Waals surface area contributed by atoms with Gasteiger partial charge in [-0.05, 0) is 53.8 Å². The SMILES string of the molecule is O=C(CN(CC(=O)N1CCc2ccccc21)Cc1ccc2c(c1)OCO2)N1CCc2ccccc21. The third-order valence-corrected chi connectivity index (χ3v) is 6.94. The molecule has 3 aliphatic rings. The van der Waals surface area contributed by atoms with E-state index in [-0.39, 0.29) is 31.7 Å². The maximum absolute atomic E-state index is 13.4. The summed E-state index contributed by atoms with van der Waals surface area (Å²) in [5.74, 6) is 1.42. The minimum atomic E-state index is 0.00492. The largest absolute Gasteiger partial charge is 0.454 e. The molecule has 3 aromatic carbocycles. The van der Waals surface area contributed by atoms with Crippen molar-refractivity contribution in [1.82, 2.24) is 4.90 Å². The molecule has 0 aromatic heterocycles. The van der Waals surface area contributed by atoms with Gasteiger partial charge < -0.3 is 19.3 Å². The van der Waals surface area contributed by atoms with Crippen LogP contribution in [0.25, 0.3) is 0 Å². The zero-order valence-electron chi connectivity index (χ0n) is 19.5. The van der Waals surface area contributed by atoms with Gasteiger partial charge in [0.2, 0.25) is 18.6 Å². The number of carbonyl (C=O) groups excluding carboxylic acids is 2. The van der Waals surface area contributed by atoms with Gasteiger partial charge in [0.1, 0.15) is 0 Å². The van der Waals surface area contributed by atoms with Crippen molar-refractivity contribution in [2.24, 2.45) is 0 Å². The Kier molecular flexibility index (Phi) is 5.62. The van der Waals surface area contributed by atoms with Gasteiger partial charge in [0.05, 0.1) is 13.1 Å². The lowest BCUT2D eigenvalue weighted by Crippen LogP contribution is -2.44. The molecular weight excluding hydrogens is 442 g/mol. The number of anilines is 2. The van der Waals surface area contributed by atoms with Gasteiger partial charge in [-0.2, -0.15) is 0 Å². The summed E-state index contributed by atoms with van der Waals surface area (Å²) in [5, 5.41) is 0. The zero-order chi connectivity index (χ0) is 23.8. The molecule has 0 aliphatic carbocycles. The first-order valence-electron chi connectivity index (χ1n) is 12.0. The average Bonchev–Trinajstić information content (AvgIpc) is 3.61. The Bertz CT molecular complexity index is 1220. The predicted molar refractivity (Wildman–Crippen MR) is 133 cm³/mol. The van der Waals surface area contributed by atoms with Crippen LogP contribution in [0.3, 0.4) is 0 Å². The highest BCUT2D eigenvalue weighted by atomic mass is 16.7. The molecule has 0 spiro atoms. The molecule has 3 heterocycles. The lowest BCUT2D eigenvalue weighted by Gasteiger charge is -2.27. The number of rotatable bonds is 6. The van der Waals surface area contributed by atoms with E-state index in [9.17, 15) is 9.59 Å². The Morgan fingerprint density at radius 1 is 0.743 bits per heavy atom. The standard InChI is InChI=1S/C28H27N3O4/c32-27(30-13-11-21-5-1-3-7-23(21)30)17-29(16-20-9-10-25-26(15-20)35-19-34-25)18-28(33)31-14-12-22-6-2-4-8-24(22)31/h1-10,15H,11-14,16-19H2. The molecule has 0 bridgehead atoms. The van der Waals surface area contributed by atoms with E-state index < -0.39 is 0 Å². The minimum Gasteiger partial charge on any atom is -0.454 e. The molecule has 0 unspecified atom stereocenters. The van der Waals surface area contributed by atoms with Crippen LogP contribution in [0.1, 0.15) is 16.7 Å². The molecule has 7 nitrogen and oxygen atoms in total. The average molecular weight is 470 g/mol. The minimum absolute atomic E-state index is 0.00492. The van der Waals surface area contributed by atoms with Gasteiger partial charge in [0.15, 0.2) is 11.5 Å². The smallest absolute Gasteiger partial charge is 0.241 e. The summed E-state index contributed by atoms with van der Waals surface area (Å²) in [4.78, 5) is 32.4. The number of ether oxygens (including phenoxy) is 2. The lowest BCUT2D eigenvalue weighted by atomic mass is 10.1. The van der Waals surface area contributed by atoms with Crippen LogP contribution in [-0.2, 0) is 29.0 Å². The van der Waals surface area contributed by atoms with Crippen LogP contribution in [0.2, 0.25) is 0 Å². The Hall–Kier alpha value is -3.84. The summed E-state index contributed by atoms with van der Waals surface area (Å²) in [6.45, 7) is 2.32. The third kappa shape index (κ3) is 4.23. The first-order chi connectivity index (χ1) is 17.2. The molecule has 0 fully saturated rings. The molecule has 0 atom stereocenters. The maximum Gasteiger partial charge on any atom is 0.241 e. The number of carbonyl (C=O) groups is 2. The second kappa shape index (κ2) is 9.07. The number of hydrogen-bond donors (Lipinski definition) is 0. The summed E-state index contributed by atoms with van der Waals surface area (Å²) in [7, 11) is 0. The maximum atomic E-state index is 13.4. The van der Waals surface area contributed by atoms with Crippen molar-refractivity contribution in [3.8, 4) is 11.5 Å². The molecule has 178 valence electrons. The van der Waals surface area contributed by atoms with E-state index in [1.807, 2.05) is 69.3 Å². The Balaban J connectivity index is 1.22. The number of amides is 2. The number of benzene rings is 3. The predicted octanol–water partition coefficient (Wildman–Crippen LogP) is 3.40. The second-order valence-electron chi connectivity index (χ2n) is 9.18. The molecule has 3 aliphatic heterocycles. The second-order valence-corrected chi connectivity index (χ2v) is 9.18. The highest BCUT2D eigenvalue weighted by Gasteiger charge is 2.29. The van der Waals surface area contributed by atoms with E-state index in [1.54, 1.807) is 0 Å². The van der Waals surface area contributed by atoms with Crippen LogP contribution in [-0.4, -0.2) is 49.7 Å². The van der Waals surface area contributed by atoms with Crippen molar-refractivity contribution in [2.75, 3.05) is 42.8 Å². The molecule has 3 aromatic rings. The van der Waals surface area contributed by atoms with Gasteiger partial charge in [-0.3, -0.25) is 14.5 Å². The van der Waals surface area contributed by atoms with Gasteiger partial charge in [0.25, 0.3) is 0 Å². The number of fused-ring (bicyclic) bond motifs is 3. The molecule has 6 rings (SSSR count). The molecule has 0 saturated carbocycles. The van der Waals surface area contributed by atoms with Crippen molar-refractivity contribution in [3.63, 3.8) is 0 Å². The summed E-state index contributed by atoms with van der Waals surface area (Å²) in [6.07, 6.45) is 1.71. The van der Waals surface area contributed by atoms with E-state index in [4.69, 9.17) is 9.47 Å². The Labute approximate surface area is 204 Å². The first-order valence-corrected chi connectivity index (χ1v) is 12.0. The van der Waals surface area contributed by atoms with E-state index in [1.165, 1.54) is 11.1 Å². The molecule has 7 heteroatoms. The quantitative estimate of drug-likeness (QED) is 0.554. The van der Waals surface area contributed by atoms with E-state index in [0.29, 0.717) is 25.4 Å². The van der Waals surface area contributed by atoms with Crippen molar-refractivity contribution >= 4 is 23.2 Å². The molecule has 0 radical (unpaired) electrons. The number of para-hydroxylation sites is 2. The number of hydrogen-bond acceptors (Lipinski definition) is 5. The fourth-order valence-electron chi connectivity index (χ4n) is 5.21. The van der Waals surface area contributed by atoms with Crippen LogP contribution in [0.15, 0.2) is 66.7 Å². The third-order valence-electron chi connectivity index (χ3n) is 6.94. The van der Waals surface area contributed by atoms with Gasteiger partial charge in [-0.15, -0.1) is 0 Å². The summed E-state index contributed by atoms with van der Waals surface area (Å²) >= 11 is 0. The van der Waals surface area contributed by atoms with Gasteiger partial charge in [-0.25, -0.2) is 0 Å². The monoisotopic (exact) mass is 469 g/mol. The topological polar surface area (TPSA) is 62.3 Å². The van der Waals surface area contributed by atoms with Crippen LogP contribution >= 0.6 is 0 Å². The zero-order valence-corrected chi connectivity index (χ0v) is 19.5. The van der Waals surface area contributed by atoms with Crippen molar-refractivity contribution < 1.29 is 19.1 Å². The van der Waals surface area contributed by atoms with E-state index >= 15 is 0 Å². The summed E-state index contributed by atoms with van der Waals surface area (Å²) in [5.41, 5.74) is 5.29. The normalized spacial score (nSPS) is 15.5. The van der Waals surface area contributed by atoms with Crippen LogP contribution in [0, 0.1) is 0 Å². The fraction of sp³-hybridized carbons (Fsp3) is 0.286. The fourth-order valence-corrected chi connectivity index (χ4v) is 5.21. The van der Waals surface area contributed by atoms with Crippen molar-refractivity contribution in [2.45, 2.75) is 19.4 Å².